The first-order valence-corrected chi connectivity index (χ1v) is 12.4. The number of hydrogen-bond acceptors (Lipinski definition) is 6. The number of ether oxygens (including phenoxy) is 1. The van der Waals surface area contributed by atoms with Crippen LogP contribution in [0, 0.1) is 13.8 Å². The van der Waals surface area contributed by atoms with E-state index in [0.717, 1.165) is 9.87 Å². The fourth-order valence-corrected chi connectivity index (χ4v) is 5.26. The normalized spacial score (nSPS) is 12.1. The van der Waals surface area contributed by atoms with Gasteiger partial charge >= 0.3 is 0 Å². The number of sulfonamides is 2. The molecule has 0 bridgehead atoms. The summed E-state index contributed by atoms with van der Waals surface area (Å²) in [6, 6.07) is 9.09. The quantitative estimate of drug-likeness (QED) is 0.578. The third-order valence-electron chi connectivity index (χ3n) is 4.67. The summed E-state index contributed by atoms with van der Waals surface area (Å²) in [6.45, 7) is 4.70. The first-order valence-electron chi connectivity index (χ1n) is 9.45. The summed E-state index contributed by atoms with van der Waals surface area (Å²) in [4.78, 5) is 12.6. The van der Waals surface area contributed by atoms with Gasteiger partial charge in [-0.2, -0.15) is 4.31 Å². The number of nitrogens with zero attached hydrogens (tertiary/aromatic N) is 1. The van der Waals surface area contributed by atoms with Gasteiger partial charge in [0.25, 0.3) is 0 Å². The van der Waals surface area contributed by atoms with Crippen LogP contribution in [0.25, 0.3) is 0 Å². The molecule has 9 nitrogen and oxygen atoms in total. The van der Waals surface area contributed by atoms with E-state index in [1.54, 1.807) is 39.0 Å². The van der Waals surface area contributed by atoms with E-state index in [1.165, 1.54) is 32.4 Å². The zero-order valence-corrected chi connectivity index (χ0v) is 19.7. The van der Waals surface area contributed by atoms with Crippen molar-refractivity contribution in [2.24, 2.45) is 0 Å². The Kier molecular flexibility index (Phi) is 7.82. The smallest absolute Gasteiger partial charge is 0.247 e. The predicted molar refractivity (Wildman–Crippen MR) is 118 cm³/mol. The second kappa shape index (κ2) is 9.77. The Morgan fingerprint density at radius 3 is 2.32 bits per heavy atom. The number of hydrogen-bond donors (Lipinski definition) is 2. The average molecular weight is 470 g/mol. The van der Waals surface area contributed by atoms with Crippen molar-refractivity contribution in [3.8, 4) is 5.75 Å². The summed E-state index contributed by atoms with van der Waals surface area (Å²) < 4.78 is 58.8. The second-order valence-electron chi connectivity index (χ2n) is 6.82. The van der Waals surface area contributed by atoms with Crippen LogP contribution in [0.5, 0.6) is 5.75 Å². The molecule has 0 spiro atoms. The lowest BCUT2D eigenvalue weighted by atomic mass is 10.2. The molecule has 11 heteroatoms. The molecule has 0 aliphatic rings. The Morgan fingerprint density at radius 1 is 1.06 bits per heavy atom. The molecule has 0 aromatic heterocycles. The second-order valence-corrected chi connectivity index (χ2v) is 10.6. The van der Waals surface area contributed by atoms with Crippen LogP contribution < -0.4 is 14.8 Å². The van der Waals surface area contributed by atoms with Crippen molar-refractivity contribution in [2.75, 3.05) is 32.6 Å². The molecule has 1 amide bonds. The molecule has 0 heterocycles. The van der Waals surface area contributed by atoms with Gasteiger partial charge in [-0.15, -0.1) is 0 Å². The molecule has 0 radical (unpaired) electrons. The van der Waals surface area contributed by atoms with Gasteiger partial charge < -0.3 is 10.1 Å². The fourth-order valence-electron chi connectivity index (χ4n) is 2.86. The largest absolute Gasteiger partial charge is 0.495 e. The van der Waals surface area contributed by atoms with E-state index < -0.39 is 32.5 Å². The minimum atomic E-state index is -4.01. The maximum atomic E-state index is 13.2. The molecule has 0 fully saturated rings. The van der Waals surface area contributed by atoms with E-state index in [0.29, 0.717) is 5.56 Å². The Bertz CT molecular complexity index is 1180. The molecule has 170 valence electrons. The number of methoxy groups -OCH3 is 1. The maximum absolute atomic E-state index is 13.2. The van der Waals surface area contributed by atoms with E-state index in [-0.39, 0.29) is 27.8 Å². The van der Waals surface area contributed by atoms with Gasteiger partial charge in [0.05, 0.1) is 18.6 Å². The summed E-state index contributed by atoms with van der Waals surface area (Å²) in [5.41, 5.74) is 1.65. The van der Waals surface area contributed by atoms with Crippen LogP contribution in [-0.4, -0.2) is 54.3 Å². The van der Waals surface area contributed by atoms with Crippen LogP contribution in [0.4, 0.5) is 5.69 Å². The molecule has 0 aliphatic carbocycles. The topological polar surface area (TPSA) is 122 Å². The highest BCUT2D eigenvalue weighted by Crippen LogP contribution is 2.28. The van der Waals surface area contributed by atoms with Crippen LogP contribution in [0.15, 0.2) is 46.2 Å². The standard InChI is InChI=1S/C20H27N3O6S2/c1-6-23(31(27,28)19-11-14(2)7-10-18(19)29-5)13-20(24)22-17-12-16(9-8-15(17)3)30(25,26)21-4/h7-12,21H,6,13H2,1-5H3,(H,22,24). The van der Waals surface area contributed by atoms with E-state index in [9.17, 15) is 21.6 Å². The number of amides is 1. The molecule has 0 atom stereocenters. The van der Waals surface area contributed by atoms with Gasteiger partial charge in [0, 0.05) is 12.2 Å². The van der Waals surface area contributed by atoms with Gasteiger partial charge in [-0.3, -0.25) is 4.79 Å². The third-order valence-corrected chi connectivity index (χ3v) is 8.03. The van der Waals surface area contributed by atoms with Crippen LogP contribution in [0.3, 0.4) is 0 Å². The number of nitrogens with one attached hydrogen (secondary N) is 2. The van der Waals surface area contributed by atoms with Gasteiger partial charge in [0.15, 0.2) is 0 Å². The highest BCUT2D eigenvalue weighted by Gasteiger charge is 2.28. The predicted octanol–water partition coefficient (Wildman–Crippen LogP) is 1.87. The number of aryl methyl sites for hydroxylation is 2. The lowest BCUT2D eigenvalue weighted by molar-refractivity contribution is -0.116. The van der Waals surface area contributed by atoms with Crippen molar-refractivity contribution < 1.29 is 26.4 Å². The summed E-state index contributed by atoms with van der Waals surface area (Å²) in [5.74, 6) is -0.413. The number of rotatable bonds is 9. The third kappa shape index (κ3) is 5.62. The molecule has 0 unspecified atom stereocenters. The van der Waals surface area contributed by atoms with Crippen molar-refractivity contribution >= 4 is 31.6 Å². The Balaban J connectivity index is 2.30. The van der Waals surface area contributed by atoms with Crippen molar-refractivity contribution in [2.45, 2.75) is 30.6 Å². The van der Waals surface area contributed by atoms with Gasteiger partial charge in [-0.1, -0.05) is 19.1 Å². The average Bonchev–Trinajstić information content (AvgIpc) is 2.73. The van der Waals surface area contributed by atoms with Gasteiger partial charge in [0.1, 0.15) is 10.6 Å². The summed E-state index contributed by atoms with van der Waals surface area (Å²) >= 11 is 0. The van der Waals surface area contributed by atoms with Crippen LogP contribution in [0.1, 0.15) is 18.1 Å². The zero-order valence-electron chi connectivity index (χ0n) is 18.1. The van der Waals surface area contributed by atoms with E-state index >= 15 is 0 Å². The monoisotopic (exact) mass is 469 g/mol. The molecule has 0 saturated heterocycles. The lowest BCUT2D eigenvalue weighted by Gasteiger charge is -2.22. The highest BCUT2D eigenvalue weighted by molar-refractivity contribution is 7.89. The first-order chi connectivity index (χ1) is 14.5. The zero-order chi connectivity index (χ0) is 23.4. The lowest BCUT2D eigenvalue weighted by Crippen LogP contribution is -2.38. The van der Waals surface area contributed by atoms with Crippen LogP contribution in [-0.2, 0) is 24.8 Å². The molecule has 0 saturated carbocycles. The van der Waals surface area contributed by atoms with Gasteiger partial charge in [-0.05, 0) is 56.3 Å². The number of anilines is 1. The van der Waals surface area contributed by atoms with E-state index in [2.05, 4.69) is 10.0 Å². The number of likely N-dealkylation sites (N-methyl/N-ethyl adjacent to an activating group) is 1. The fraction of sp³-hybridized carbons (Fsp3) is 0.350. The molecule has 2 rings (SSSR count). The molecule has 0 aliphatic heterocycles. The Hall–Kier alpha value is -2.47. The minimum Gasteiger partial charge on any atom is -0.495 e. The molecular weight excluding hydrogens is 442 g/mol. The van der Waals surface area contributed by atoms with E-state index in [1.807, 2.05) is 0 Å². The molecule has 2 aromatic rings. The van der Waals surface area contributed by atoms with Crippen molar-refractivity contribution in [3.05, 3.63) is 47.5 Å². The Labute approximate surface area is 183 Å². The maximum Gasteiger partial charge on any atom is 0.247 e. The minimum absolute atomic E-state index is 0.0135. The molecule has 2 N–H and O–H groups in total. The first kappa shape index (κ1) is 24.8. The highest BCUT2D eigenvalue weighted by atomic mass is 32.2. The number of benzene rings is 2. The van der Waals surface area contributed by atoms with Crippen molar-refractivity contribution in [1.29, 1.82) is 0 Å². The Morgan fingerprint density at radius 2 is 1.74 bits per heavy atom. The summed E-state index contributed by atoms with van der Waals surface area (Å²) in [7, 11) is -5.04. The summed E-state index contributed by atoms with van der Waals surface area (Å²) in [5, 5.41) is 2.61. The van der Waals surface area contributed by atoms with Crippen LogP contribution >= 0.6 is 0 Å². The van der Waals surface area contributed by atoms with Gasteiger partial charge in [0.2, 0.25) is 26.0 Å². The number of carbonyl (C=O) groups is 1. The molecule has 31 heavy (non-hydrogen) atoms. The number of carbonyl (C=O) groups excluding carboxylic acids is 1. The van der Waals surface area contributed by atoms with Gasteiger partial charge in [-0.25, -0.2) is 21.6 Å². The van der Waals surface area contributed by atoms with Crippen molar-refractivity contribution in [3.63, 3.8) is 0 Å². The molecular formula is C20H27N3O6S2. The van der Waals surface area contributed by atoms with E-state index in [4.69, 9.17) is 4.74 Å². The SMILES string of the molecule is CCN(CC(=O)Nc1cc(S(=O)(=O)NC)ccc1C)S(=O)(=O)c1cc(C)ccc1OC. The summed E-state index contributed by atoms with van der Waals surface area (Å²) in [6.07, 6.45) is 0. The van der Waals surface area contributed by atoms with Crippen molar-refractivity contribution in [1.82, 2.24) is 9.03 Å². The molecule has 2 aromatic carbocycles. The van der Waals surface area contributed by atoms with Crippen LogP contribution in [0.2, 0.25) is 0 Å².